The molecule has 32 heavy (non-hydrogen) atoms. The lowest BCUT2D eigenvalue weighted by Gasteiger charge is -2.15. The third-order valence-electron chi connectivity index (χ3n) is 6.27. The van der Waals surface area contributed by atoms with Crippen LogP contribution in [0.3, 0.4) is 0 Å². The molecule has 4 rings (SSSR count). The number of aromatic nitrogens is 3. The molecule has 0 aliphatic rings. The van der Waals surface area contributed by atoms with Crippen LogP contribution in [0.4, 0.5) is 0 Å². The molecule has 1 heterocycles. The Bertz CT molecular complexity index is 1110. The van der Waals surface area contributed by atoms with Crippen molar-refractivity contribution in [1.82, 2.24) is 15.0 Å². The highest BCUT2D eigenvalue weighted by Crippen LogP contribution is 2.22. The molecular formula is C28H33N4+. The minimum Gasteiger partial charge on any atom is -0.335 e. The number of nitrogens with one attached hydrogen (secondary N) is 1. The van der Waals surface area contributed by atoms with E-state index in [1.807, 2.05) is 4.68 Å². The van der Waals surface area contributed by atoms with Crippen molar-refractivity contribution in [2.45, 2.75) is 33.6 Å². The zero-order chi connectivity index (χ0) is 22.3. The Morgan fingerprint density at radius 3 is 2.09 bits per heavy atom. The number of quaternary nitrogens is 1. The second kappa shape index (κ2) is 10.4. The van der Waals surface area contributed by atoms with Crippen LogP contribution >= 0.6 is 0 Å². The fourth-order valence-electron chi connectivity index (χ4n) is 4.14. The zero-order valence-electron chi connectivity index (χ0n) is 19.4. The predicted octanol–water partition coefficient (Wildman–Crippen LogP) is 4.30. The van der Waals surface area contributed by atoms with E-state index in [2.05, 4.69) is 110 Å². The van der Waals surface area contributed by atoms with Gasteiger partial charge in [-0.3, -0.25) is 0 Å². The molecule has 164 valence electrons. The van der Waals surface area contributed by atoms with Crippen LogP contribution in [0.15, 0.2) is 78.9 Å². The van der Waals surface area contributed by atoms with Crippen LogP contribution in [0, 0.1) is 6.92 Å². The number of hydrogen-bond donors (Lipinski definition) is 1. The van der Waals surface area contributed by atoms with E-state index in [-0.39, 0.29) is 0 Å². The smallest absolute Gasteiger partial charge is 0.0923 e. The molecule has 1 aromatic heterocycles. The average Bonchev–Trinajstić information content (AvgIpc) is 3.23. The molecule has 4 aromatic rings. The maximum absolute atomic E-state index is 4.62. The van der Waals surface area contributed by atoms with E-state index in [9.17, 15) is 0 Å². The van der Waals surface area contributed by atoms with Crippen LogP contribution in [-0.2, 0) is 12.8 Å². The summed E-state index contributed by atoms with van der Waals surface area (Å²) in [5, 5.41) is 9.18. The minimum atomic E-state index is 0.818. The Morgan fingerprint density at radius 1 is 0.781 bits per heavy atom. The van der Waals surface area contributed by atoms with Crippen molar-refractivity contribution in [3.8, 4) is 16.8 Å². The molecule has 0 amide bonds. The first-order valence-electron chi connectivity index (χ1n) is 11.7. The van der Waals surface area contributed by atoms with E-state index in [0.29, 0.717) is 0 Å². The first-order chi connectivity index (χ1) is 15.7. The van der Waals surface area contributed by atoms with Crippen LogP contribution in [0.2, 0.25) is 0 Å². The van der Waals surface area contributed by atoms with Gasteiger partial charge in [0.2, 0.25) is 0 Å². The van der Waals surface area contributed by atoms with E-state index >= 15 is 0 Å². The largest absolute Gasteiger partial charge is 0.335 e. The molecular weight excluding hydrogens is 392 g/mol. The van der Waals surface area contributed by atoms with Gasteiger partial charge < -0.3 is 4.90 Å². The van der Waals surface area contributed by atoms with Gasteiger partial charge in [0.1, 0.15) is 0 Å². The Balaban J connectivity index is 1.62. The molecule has 0 saturated carbocycles. The van der Waals surface area contributed by atoms with Crippen LogP contribution in [0.5, 0.6) is 0 Å². The molecule has 0 bridgehead atoms. The summed E-state index contributed by atoms with van der Waals surface area (Å²) >= 11 is 0. The second-order valence-corrected chi connectivity index (χ2v) is 8.43. The standard InChI is InChI=1S/C28H32N4/c1-4-31(5-2)20-19-27-28(32(30-29-27)26-17-11-22(3)12-18-26)21-23-13-15-25(16-14-23)24-9-7-6-8-10-24/h6-18H,4-5,19-21H2,1-3H3/p+1. The van der Waals surface area contributed by atoms with Gasteiger partial charge >= 0.3 is 0 Å². The SMILES string of the molecule is CC[NH+](CC)CCc1nnn(-c2ccc(C)cc2)c1Cc1ccc(-c2ccccc2)cc1. The highest BCUT2D eigenvalue weighted by Gasteiger charge is 2.17. The van der Waals surface area contributed by atoms with Gasteiger partial charge in [0.05, 0.1) is 36.7 Å². The zero-order valence-corrected chi connectivity index (χ0v) is 19.4. The first kappa shape index (κ1) is 22.0. The van der Waals surface area contributed by atoms with Crippen molar-refractivity contribution < 1.29 is 4.90 Å². The van der Waals surface area contributed by atoms with Gasteiger partial charge in [-0.2, -0.15) is 0 Å². The highest BCUT2D eigenvalue weighted by atomic mass is 15.4. The predicted molar refractivity (Wildman–Crippen MR) is 131 cm³/mol. The van der Waals surface area contributed by atoms with Gasteiger partial charge in [0, 0.05) is 12.8 Å². The Morgan fingerprint density at radius 2 is 1.44 bits per heavy atom. The molecule has 0 radical (unpaired) electrons. The molecule has 0 spiro atoms. The van der Waals surface area contributed by atoms with E-state index in [1.54, 1.807) is 4.90 Å². The Kier molecular flexibility index (Phi) is 7.13. The van der Waals surface area contributed by atoms with Gasteiger partial charge in [-0.1, -0.05) is 77.5 Å². The summed E-state index contributed by atoms with van der Waals surface area (Å²) in [5.74, 6) is 0. The van der Waals surface area contributed by atoms with Crippen LogP contribution in [-0.4, -0.2) is 34.6 Å². The Hall–Kier alpha value is -3.24. The number of benzene rings is 3. The normalized spacial score (nSPS) is 11.2. The quantitative estimate of drug-likeness (QED) is 0.434. The van der Waals surface area contributed by atoms with E-state index in [1.165, 1.54) is 27.9 Å². The Labute approximate surface area is 191 Å². The summed E-state index contributed by atoms with van der Waals surface area (Å²) in [4.78, 5) is 1.59. The number of hydrogen-bond acceptors (Lipinski definition) is 2. The molecule has 0 saturated heterocycles. The second-order valence-electron chi connectivity index (χ2n) is 8.43. The molecule has 0 aliphatic carbocycles. The van der Waals surface area contributed by atoms with Gasteiger partial charge in [-0.25, -0.2) is 4.68 Å². The maximum Gasteiger partial charge on any atom is 0.0923 e. The molecule has 0 unspecified atom stereocenters. The average molecular weight is 426 g/mol. The summed E-state index contributed by atoms with van der Waals surface area (Å²) < 4.78 is 2.03. The van der Waals surface area contributed by atoms with Gasteiger partial charge in [-0.05, 0) is 49.6 Å². The third kappa shape index (κ3) is 5.14. The third-order valence-corrected chi connectivity index (χ3v) is 6.27. The van der Waals surface area contributed by atoms with Crippen molar-refractivity contribution in [2.24, 2.45) is 0 Å². The summed E-state index contributed by atoms with van der Waals surface area (Å²) in [6, 6.07) is 27.9. The fourth-order valence-corrected chi connectivity index (χ4v) is 4.14. The summed E-state index contributed by atoms with van der Waals surface area (Å²) in [7, 11) is 0. The van der Waals surface area contributed by atoms with Gasteiger partial charge in [0.25, 0.3) is 0 Å². The number of likely N-dealkylation sites (N-methyl/N-ethyl adjacent to an activating group) is 1. The molecule has 4 heteroatoms. The van der Waals surface area contributed by atoms with Crippen molar-refractivity contribution in [1.29, 1.82) is 0 Å². The molecule has 0 fully saturated rings. The monoisotopic (exact) mass is 425 g/mol. The lowest BCUT2D eigenvalue weighted by molar-refractivity contribution is -0.896. The van der Waals surface area contributed by atoms with Crippen molar-refractivity contribution in [3.63, 3.8) is 0 Å². The summed E-state index contributed by atoms with van der Waals surface area (Å²) in [6.07, 6.45) is 1.76. The summed E-state index contributed by atoms with van der Waals surface area (Å²) in [6.45, 7) is 9.96. The number of aryl methyl sites for hydroxylation is 1. The first-order valence-corrected chi connectivity index (χ1v) is 11.7. The molecule has 0 aliphatic heterocycles. The topological polar surface area (TPSA) is 35.2 Å². The van der Waals surface area contributed by atoms with Crippen LogP contribution in [0.25, 0.3) is 16.8 Å². The fraction of sp³-hybridized carbons (Fsp3) is 0.286. The van der Waals surface area contributed by atoms with Crippen molar-refractivity contribution in [2.75, 3.05) is 19.6 Å². The van der Waals surface area contributed by atoms with Crippen LogP contribution in [0.1, 0.15) is 36.4 Å². The van der Waals surface area contributed by atoms with Gasteiger partial charge in [0.15, 0.2) is 0 Å². The minimum absolute atomic E-state index is 0.818. The van der Waals surface area contributed by atoms with Crippen molar-refractivity contribution >= 4 is 0 Å². The lowest BCUT2D eigenvalue weighted by Crippen LogP contribution is -3.11. The summed E-state index contributed by atoms with van der Waals surface area (Å²) in [5.41, 5.74) is 8.37. The number of nitrogens with zero attached hydrogens (tertiary/aromatic N) is 3. The van der Waals surface area contributed by atoms with E-state index < -0.39 is 0 Å². The molecule has 3 aromatic carbocycles. The molecule has 4 nitrogen and oxygen atoms in total. The maximum atomic E-state index is 4.62. The van der Waals surface area contributed by atoms with E-state index in [4.69, 9.17) is 0 Å². The van der Waals surface area contributed by atoms with Gasteiger partial charge in [-0.15, -0.1) is 5.10 Å². The van der Waals surface area contributed by atoms with E-state index in [0.717, 1.165) is 43.9 Å². The van der Waals surface area contributed by atoms with Crippen molar-refractivity contribution in [3.05, 3.63) is 101 Å². The number of rotatable bonds is 9. The van der Waals surface area contributed by atoms with Crippen LogP contribution < -0.4 is 4.90 Å². The lowest BCUT2D eigenvalue weighted by atomic mass is 10.0. The highest BCUT2D eigenvalue weighted by molar-refractivity contribution is 5.63. The molecule has 1 N–H and O–H groups in total. The molecule has 0 atom stereocenters.